The first-order chi connectivity index (χ1) is 13.0. The van der Waals surface area contributed by atoms with E-state index in [9.17, 15) is 18.4 Å². The smallest absolute Gasteiger partial charge is 0.345 e. The third-order valence-electron chi connectivity index (χ3n) is 4.39. The second-order valence-corrected chi connectivity index (χ2v) is 6.00. The van der Waals surface area contributed by atoms with Crippen molar-refractivity contribution in [2.75, 3.05) is 5.32 Å². The van der Waals surface area contributed by atoms with Gasteiger partial charge in [0.05, 0.1) is 16.6 Å². The van der Waals surface area contributed by atoms with Gasteiger partial charge in [0.15, 0.2) is 0 Å². The standard InChI is InChI=1S/C20H14F2N2O3/c1-2-24-16(19(25)23-15-8-7-11(21)9-14(15)22)10-13-18(24)12-5-3-4-6-17(12)27-20(13)26/h3-10H,2H2,1H3,(H,23,25). The molecule has 0 fully saturated rings. The Hall–Kier alpha value is -3.48. The van der Waals surface area contributed by atoms with Gasteiger partial charge in [0.2, 0.25) is 0 Å². The lowest BCUT2D eigenvalue weighted by Crippen LogP contribution is -2.17. The number of carbonyl (C=O) groups is 1. The van der Waals surface area contributed by atoms with Crippen molar-refractivity contribution in [2.24, 2.45) is 0 Å². The van der Waals surface area contributed by atoms with Crippen LogP contribution in [0.25, 0.3) is 21.9 Å². The highest BCUT2D eigenvalue weighted by molar-refractivity contribution is 6.10. The van der Waals surface area contributed by atoms with Gasteiger partial charge in [-0.1, -0.05) is 12.1 Å². The average molecular weight is 368 g/mol. The number of halogens is 2. The molecule has 4 aromatic rings. The summed E-state index contributed by atoms with van der Waals surface area (Å²) < 4.78 is 33.9. The van der Waals surface area contributed by atoms with Crippen LogP contribution in [0.1, 0.15) is 17.4 Å². The topological polar surface area (TPSA) is 64.2 Å². The number of hydrogen-bond donors (Lipinski definition) is 1. The summed E-state index contributed by atoms with van der Waals surface area (Å²) >= 11 is 0. The summed E-state index contributed by atoms with van der Waals surface area (Å²) in [7, 11) is 0. The van der Waals surface area contributed by atoms with Crippen LogP contribution in [-0.2, 0) is 6.54 Å². The molecule has 1 amide bonds. The van der Waals surface area contributed by atoms with Crippen LogP contribution >= 0.6 is 0 Å². The van der Waals surface area contributed by atoms with E-state index in [4.69, 9.17) is 4.42 Å². The molecule has 2 heterocycles. The van der Waals surface area contributed by atoms with E-state index in [2.05, 4.69) is 5.32 Å². The van der Waals surface area contributed by atoms with Crippen LogP contribution in [0.15, 0.2) is 57.7 Å². The Morgan fingerprint density at radius 2 is 1.89 bits per heavy atom. The van der Waals surface area contributed by atoms with Crippen molar-refractivity contribution in [3.8, 4) is 0 Å². The Balaban J connectivity index is 1.89. The number of aromatic nitrogens is 1. The number of para-hydroxylation sites is 1. The van der Waals surface area contributed by atoms with E-state index >= 15 is 0 Å². The maximum Gasteiger partial charge on any atom is 0.345 e. The van der Waals surface area contributed by atoms with Gasteiger partial charge in [0, 0.05) is 18.0 Å². The number of benzene rings is 2. The van der Waals surface area contributed by atoms with Crippen molar-refractivity contribution in [1.29, 1.82) is 0 Å². The minimum Gasteiger partial charge on any atom is -0.422 e. The molecule has 7 heteroatoms. The number of fused-ring (bicyclic) bond motifs is 3. The summed E-state index contributed by atoms with van der Waals surface area (Å²) in [6.45, 7) is 2.24. The lowest BCUT2D eigenvalue weighted by atomic mass is 10.2. The SMILES string of the molecule is CCn1c(C(=O)Nc2ccc(F)cc2F)cc2c(=O)oc3ccccc3c21. The Morgan fingerprint density at radius 3 is 2.63 bits per heavy atom. The second kappa shape index (κ2) is 6.35. The molecule has 0 unspecified atom stereocenters. The maximum absolute atomic E-state index is 13.9. The van der Waals surface area contributed by atoms with E-state index in [0.29, 0.717) is 29.1 Å². The van der Waals surface area contributed by atoms with E-state index in [-0.39, 0.29) is 16.8 Å². The number of hydrogen-bond acceptors (Lipinski definition) is 3. The number of anilines is 1. The van der Waals surface area contributed by atoms with Crippen LogP contribution in [0.5, 0.6) is 0 Å². The fourth-order valence-corrected chi connectivity index (χ4v) is 3.19. The maximum atomic E-state index is 13.9. The summed E-state index contributed by atoms with van der Waals surface area (Å²) in [5.41, 5.74) is 0.470. The molecule has 0 spiro atoms. The number of aryl methyl sites for hydroxylation is 1. The first-order valence-electron chi connectivity index (χ1n) is 8.31. The van der Waals surface area contributed by atoms with Gasteiger partial charge in [-0.25, -0.2) is 13.6 Å². The monoisotopic (exact) mass is 368 g/mol. The van der Waals surface area contributed by atoms with Crippen LogP contribution < -0.4 is 10.9 Å². The molecule has 136 valence electrons. The van der Waals surface area contributed by atoms with Crippen LogP contribution in [0.2, 0.25) is 0 Å². The normalized spacial score (nSPS) is 11.2. The third-order valence-corrected chi connectivity index (χ3v) is 4.39. The van der Waals surface area contributed by atoms with Gasteiger partial charge in [0.25, 0.3) is 5.91 Å². The van der Waals surface area contributed by atoms with E-state index in [1.54, 1.807) is 22.8 Å². The van der Waals surface area contributed by atoms with Crippen molar-refractivity contribution in [1.82, 2.24) is 4.57 Å². The predicted octanol–water partition coefficient (Wildman–Crippen LogP) is 4.30. The Morgan fingerprint density at radius 1 is 1.11 bits per heavy atom. The zero-order valence-corrected chi connectivity index (χ0v) is 14.3. The number of nitrogens with zero attached hydrogens (tertiary/aromatic N) is 1. The van der Waals surface area contributed by atoms with Gasteiger partial charge in [-0.2, -0.15) is 0 Å². The minimum atomic E-state index is -0.882. The van der Waals surface area contributed by atoms with Crippen molar-refractivity contribution in [3.05, 3.63) is 76.3 Å². The Kier molecular flexibility index (Phi) is 3.99. The summed E-state index contributed by atoms with van der Waals surface area (Å²) in [5.74, 6) is -2.23. The first kappa shape index (κ1) is 17.0. The highest BCUT2D eigenvalue weighted by Crippen LogP contribution is 2.27. The molecule has 0 aliphatic carbocycles. The molecule has 0 atom stereocenters. The molecule has 0 aliphatic heterocycles. The molecule has 5 nitrogen and oxygen atoms in total. The van der Waals surface area contributed by atoms with Crippen LogP contribution in [0.4, 0.5) is 14.5 Å². The highest BCUT2D eigenvalue weighted by Gasteiger charge is 2.20. The molecule has 0 saturated heterocycles. The van der Waals surface area contributed by atoms with Crippen molar-refractivity contribution in [3.63, 3.8) is 0 Å². The molecular formula is C20H14F2N2O3. The van der Waals surface area contributed by atoms with Gasteiger partial charge in [-0.3, -0.25) is 4.79 Å². The predicted molar refractivity (Wildman–Crippen MR) is 98.0 cm³/mol. The third kappa shape index (κ3) is 2.77. The van der Waals surface area contributed by atoms with Crippen LogP contribution in [0, 0.1) is 11.6 Å². The fraction of sp³-hybridized carbons (Fsp3) is 0.100. The summed E-state index contributed by atoms with van der Waals surface area (Å²) in [6.07, 6.45) is 0. The van der Waals surface area contributed by atoms with Gasteiger partial charge in [-0.05, 0) is 37.3 Å². The summed E-state index contributed by atoms with van der Waals surface area (Å²) in [6, 6.07) is 11.3. The highest BCUT2D eigenvalue weighted by atomic mass is 19.1. The van der Waals surface area contributed by atoms with Gasteiger partial charge in [0.1, 0.15) is 22.9 Å². The first-order valence-corrected chi connectivity index (χ1v) is 8.31. The Labute approximate surface area is 151 Å². The molecular weight excluding hydrogens is 354 g/mol. The molecule has 2 aromatic carbocycles. The van der Waals surface area contributed by atoms with E-state index in [1.165, 1.54) is 6.07 Å². The molecule has 0 aliphatic rings. The van der Waals surface area contributed by atoms with E-state index in [0.717, 1.165) is 12.1 Å². The van der Waals surface area contributed by atoms with Gasteiger partial charge < -0.3 is 14.3 Å². The molecule has 0 saturated carbocycles. The van der Waals surface area contributed by atoms with E-state index < -0.39 is 23.2 Å². The average Bonchev–Trinajstić information content (AvgIpc) is 3.05. The molecule has 27 heavy (non-hydrogen) atoms. The zero-order chi connectivity index (χ0) is 19.1. The number of amides is 1. The fourth-order valence-electron chi connectivity index (χ4n) is 3.19. The number of nitrogens with one attached hydrogen (secondary N) is 1. The lowest BCUT2D eigenvalue weighted by Gasteiger charge is -2.10. The zero-order valence-electron chi connectivity index (χ0n) is 14.3. The van der Waals surface area contributed by atoms with Crippen molar-refractivity contribution in [2.45, 2.75) is 13.5 Å². The largest absolute Gasteiger partial charge is 0.422 e. The van der Waals surface area contributed by atoms with Crippen LogP contribution in [0.3, 0.4) is 0 Å². The minimum absolute atomic E-state index is 0.147. The quantitative estimate of drug-likeness (QED) is 0.549. The molecule has 0 radical (unpaired) electrons. The molecule has 4 rings (SSSR count). The van der Waals surface area contributed by atoms with E-state index in [1.807, 2.05) is 13.0 Å². The summed E-state index contributed by atoms with van der Waals surface area (Å²) in [5, 5.41) is 3.38. The van der Waals surface area contributed by atoms with Crippen LogP contribution in [-0.4, -0.2) is 10.5 Å². The Bertz CT molecular complexity index is 1260. The molecule has 1 N–H and O–H groups in total. The van der Waals surface area contributed by atoms with Gasteiger partial charge >= 0.3 is 5.63 Å². The number of carbonyl (C=O) groups excluding carboxylic acids is 1. The number of rotatable bonds is 3. The lowest BCUT2D eigenvalue weighted by molar-refractivity contribution is 0.101. The van der Waals surface area contributed by atoms with Crippen molar-refractivity contribution >= 4 is 33.5 Å². The summed E-state index contributed by atoms with van der Waals surface area (Å²) in [4.78, 5) is 25.1. The van der Waals surface area contributed by atoms with Crippen molar-refractivity contribution < 1.29 is 18.0 Å². The molecule has 0 bridgehead atoms. The molecule has 2 aromatic heterocycles. The second-order valence-electron chi connectivity index (χ2n) is 6.00. The van der Waals surface area contributed by atoms with Gasteiger partial charge in [-0.15, -0.1) is 0 Å².